The quantitative estimate of drug-likeness (QED) is 0.843. The van der Waals surface area contributed by atoms with Crippen LogP contribution in [-0.2, 0) is 13.1 Å². The summed E-state index contributed by atoms with van der Waals surface area (Å²) in [5.41, 5.74) is 2.95. The number of nitrogens with zero attached hydrogens (tertiary/aromatic N) is 1. The van der Waals surface area contributed by atoms with Crippen LogP contribution in [0, 0.1) is 6.92 Å². The van der Waals surface area contributed by atoms with Gasteiger partial charge in [-0.05, 0) is 19.1 Å². The molecule has 0 saturated carbocycles. The minimum absolute atomic E-state index is 0.00881. The van der Waals surface area contributed by atoms with E-state index in [0.717, 1.165) is 17.1 Å². The van der Waals surface area contributed by atoms with Crippen molar-refractivity contribution in [2.45, 2.75) is 20.0 Å². The number of thiazole rings is 1. The maximum atomic E-state index is 10.9. The zero-order chi connectivity index (χ0) is 11.4. The van der Waals surface area contributed by atoms with E-state index in [4.69, 9.17) is 0 Å². The van der Waals surface area contributed by atoms with Gasteiger partial charge in [0.2, 0.25) is 0 Å². The highest BCUT2D eigenvalue weighted by Gasteiger charge is 1.97. The highest BCUT2D eigenvalue weighted by Crippen LogP contribution is 1.99. The lowest BCUT2D eigenvalue weighted by molar-refractivity contribution is 0.668. The van der Waals surface area contributed by atoms with E-state index in [0.29, 0.717) is 13.1 Å². The van der Waals surface area contributed by atoms with E-state index in [1.165, 1.54) is 11.3 Å². The molecule has 2 aromatic heterocycles. The van der Waals surface area contributed by atoms with E-state index in [-0.39, 0.29) is 4.87 Å². The fourth-order valence-electron chi connectivity index (χ4n) is 1.42. The number of aromatic nitrogens is 2. The number of H-pyrrole nitrogens is 1. The van der Waals surface area contributed by atoms with Crippen LogP contribution in [0.4, 0.5) is 0 Å². The molecule has 0 bridgehead atoms. The third kappa shape index (κ3) is 3.01. The van der Waals surface area contributed by atoms with Crippen LogP contribution in [-0.4, -0.2) is 9.97 Å². The van der Waals surface area contributed by atoms with Gasteiger partial charge in [-0.15, -0.1) is 0 Å². The topological polar surface area (TPSA) is 57.8 Å². The molecule has 0 amide bonds. The zero-order valence-electron chi connectivity index (χ0n) is 8.99. The Morgan fingerprint density at radius 2 is 2.31 bits per heavy atom. The van der Waals surface area contributed by atoms with E-state index in [2.05, 4.69) is 15.3 Å². The summed E-state index contributed by atoms with van der Waals surface area (Å²) >= 11 is 1.19. The maximum Gasteiger partial charge on any atom is 0.304 e. The van der Waals surface area contributed by atoms with E-state index in [1.54, 1.807) is 0 Å². The first-order valence-electron chi connectivity index (χ1n) is 5.04. The van der Waals surface area contributed by atoms with Gasteiger partial charge in [-0.3, -0.25) is 9.78 Å². The van der Waals surface area contributed by atoms with Gasteiger partial charge >= 0.3 is 4.87 Å². The monoisotopic (exact) mass is 235 g/mol. The number of aryl methyl sites for hydroxylation is 1. The third-order valence-electron chi connectivity index (χ3n) is 2.14. The number of hydrogen-bond acceptors (Lipinski definition) is 4. The van der Waals surface area contributed by atoms with Crippen LogP contribution in [0.3, 0.4) is 0 Å². The van der Waals surface area contributed by atoms with Gasteiger partial charge in [0.15, 0.2) is 0 Å². The Labute approximate surface area is 97.4 Å². The number of nitrogens with one attached hydrogen (secondary N) is 2. The van der Waals surface area contributed by atoms with Crippen LogP contribution in [0.2, 0.25) is 0 Å². The predicted octanol–water partition coefficient (Wildman–Crippen LogP) is 1.43. The van der Waals surface area contributed by atoms with Gasteiger partial charge in [0, 0.05) is 29.9 Å². The predicted molar refractivity (Wildman–Crippen MR) is 64.5 cm³/mol. The molecule has 0 fully saturated rings. The van der Waals surface area contributed by atoms with E-state index >= 15 is 0 Å². The van der Waals surface area contributed by atoms with Gasteiger partial charge in [-0.1, -0.05) is 17.4 Å². The molecule has 0 unspecified atom stereocenters. The Bertz CT molecular complexity index is 518. The Hall–Kier alpha value is -1.46. The Morgan fingerprint density at radius 1 is 1.44 bits per heavy atom. The Balaban J connectivity index is 1.86. The minimum Gasteiger partial charge on any atom is -0.315 e. The van der Waals surface area contributed by atoms with Gasteiger partial charge in [0.05, 0.1) is 5.69 Å². The summed E-state index contributed by atoms with van der Waals surface area (Å²) in [6.45, 7) is 3.34. The highest BCUT2D eigenvalue weighted by atomic mass is 32.1. The third-order valence-corrected chi connectivity index (χ3v) is 2.86. The lowest BCUT2D eigenvalue weighted by Crippen LogP contribution is -2.14. The second-order valence-electron chi connectivity index (χ2n) is 3.55. The fourth-order valence-corrected chi connectivity index (χ4v) is 2.01. The van der Waals surface area contributed by atoms with Crippen molar-refractivity contribution in [3.8, 4) is 0 Å². The van der Waals surface area contributed by atoms with Crippen LogP contribution in [0.5, 0.6) is 0 Å². The van der Waals surface area contributed by atoms with Crippen molar-refractivity contribution in [3.05, 3.63) is 50.3 Å². The highest BCUT2D eigenvalue weighted by molar-refractivity contribution is 7.07. The van der Waals surface area contributed by atoms with E-state index < -0.39 is 0 Å². The van der Waals surface area contributed by atoms with Crippen LogP contribution < -0.4 is 10.2 Å². The minimum atomic E-state index is -0.00881. The van der Waals surface area contributed by atoms with Crippen LogP contribution in [0.25, 0.3) is 0 Å². The smallest absolute Gasteiger partial charge is 0.304 e. The molecule has 16 heavy (non-hydrogen) atoms. The summed E-state index contributed by atoms with van der Waals surface area (Å²) in [5, 5.41) is 5.06. The molecule has 5 heteroatoms. The first-order valence-corrected chi connectivity index (χ1v) is 5.92. The van der Waals surface area contributed by atoms with Crippen LogP contribution in [0.1, 0.15) is 17.1 Å². The lowest BCUT2D eigenvalue weighted by Gasteiger charge is -2.03. The van der Waals surface area contributed by atoms with E-state index in [9.17, 15) is 4.79 Å². The molecule has 84 valence electrons. The Morgan fingerprint density at radius 3 is 3.00 bits per heavy atom. The second kappa shape index (κ2) is 5.05. The molecule has 0 aromatic carbocycles. The molecule has 0 aliphatic heterocycles. The molecule has 0 saturated heterocycles. The summed E-state index contributed by atoms with van der Waals surface area (Å²) in [5.74, 6) is 0. The number of pyridine rings is 1. The standard InChI is InChI=1S/C11H13N3OS/c1-8-3-2-4-9(13-8)5-12-6-10-7-16-11(15)14-10/h2-4,7,12H,5-6H2,1H3,(H,14,15). The molecule has 0 aliphatic carbocycles. The Kier molecular flexibility index (Phi) is 3.48. The SMILES string of the molecule is Cc1cccc(CNCc2csc(=O)[nH]2)n1. The normalized spacial score (nSPS) is 10.6. The average molecular weight is 235 g/mol. The molecule has 2 rings (SSSR count). The van der Waals surface area contributed by atoms with Gasteiger partial charge in [0.1, 0.15) is 0 Å². The second-order valence-corrected chi connectivity index (χ2v) is 4.39. The maximum absolute atomic E-state index is 10.9. The molecular formula is C11H13N3OS. The van der Waals surface area contributed by atoms with Crippen molar-refractivity contribution in [3.63, 3.8) is 0 Å². The van der Waals surface area contributed by atoms with Gasteiger partial charge in [0.25, 0.3) is 0 Å². The number of aromatic amines is 1. The first-order chi connectivity index (χ1) is 7.74. The zero-order valence-corrected chi connectivity index (χ0v) is 9.80. The molecule has 0 atom stereocenters. The summed E-state index contributed by atoms with van der Waals surface area (Å²) in [6, 6.07) is 5.95. The van der Waals surface area contributed by atoms with Crippen molar-refractivity contribution in [2.24, 2.45) is 0 Å². The molecule has 2 aromatic rings. The van der Waals surface area contributed by atoms with Crippen LogP contribution in [0.15, 0.2) is 28.4 Å². The van der Waals surface area contributed by atoms with Crippen molar-refractivity contribution in [1.29, 1.82) is 0 Å². The molecule has 0 spiro atoms. The molecular weight excluding hydrogens is 222 g/mol. The number of hydrogen-bond donors (Lipinski definition) is 2. The van der Waals surface area contributed by atoms with Gasteiger partial charge < -0.3 is 10.3 Å². The van der Waals surface area contributed by atoms with Crippen molar-refractivity contribution >= 4 is 11.3 Å². The van der Waals surface area contributed by atoms with Crippen molar-refractivity contribution in [2.75, 3.05) is 0 Å². The summed E-state index contributed by atoms with van der Waals surface area (Å²) in [4.78, 5) is 18.0. The molecule has 4 nitrogen and oxygen atoms in total. The van der Waals surface area contributed by atoms with Crippen molar-refractivity contribution < 1.29 is 0 Å². The number of rotatable bonds is 4. The fraction of sp³-hybridized carbons (Fsp3) is 0.273. The molecule has 2 heterocycles. The van der Waals surface area contributed by atoms with Crippen LogP contribution >= 0.6 is 11.3 Å². The molecule has 0 aliphatic rings. The molecule has 0 radical (unpaired) electrons. The lowest BCUT2D eigenvalue weighted by atomic mass is 10.3. The molecule has 2 N–H and O–H groups in total. The van der Waals surface area contributed by atoms with E-state index in [1.807, 2.05) is 30.5 Å². The first kappa shape index (κ1) is 11.0. The summed E-state index contributed by atoms with van der Waals surface area (Å²) in [7, 11) is 0. The van der Waals surface area contributed by atoms with Gasteiger partial charge in [-0.25, -0.2) is 0 Å². The average Bonchev–Trinajstić information content (AvgIpc) is 2.64. The summed E-state index contributed by atoms with van der Waals surface area (Å²) < 4.78 is 0. The largest absolute Gasteiger partial charge is 0.315 e. The van der Waals surface area contributed by atoms with Gasteiger partial charge in [-0.2, -0.15) is 0 Å². The van der Waals surface area contributed by atoms with Crippen molar-refractivity contribution in [1.82, 2.24) is 15.3 Å². The summed E-state index contributed by atoms with van der Waals surface area (Å²) in [6.07, 6.45) is 0.